The van der Waals surface area contributed by atoms with Gasteiger partial charge in [0.15, 0.2) is 5.58 Å². The first-order valence-corrected chi connectivity index (χ1v) is 5.57. The van der Waals surface area contributed by atoms with Gasteiger partial charge >= 0.3 is 0 Å². The molecular formula is C10H12N2OS. The maximum Gasteiger partial charge on any atom is 0.256 e. The van der Waals surface area contributed by atoms with Crippen molar-refractivity contribution in [2.75, 3.05) is 12.3 Å². The van der Waals surface area contributed by atoms with Crippen LogP contribution in [0.3, 0.4) is 0 Å². The van der Waals surface area contributed by atoms with Gasteiger partial charge in [0.05, 0.1) is 0 Å². The molecule has 0 amide bonds. The van der Waals surface area contributed by atoms with Gasteiger partial charge in [0.1, 0.15) is 5.52 Å². The summed E-state index contributed by atoms with van der Waals surface area (Å²) in [5.41, 5.74) is 7.17. The molecule has 1 heterocycles. The summed E-state index contributed by atoms with van der Waals surface area (Å²) in [5, 5.41) is 0.736. The molecule has 74 valence electrons. The average Bonchev–Trinajstić information content (AvgIpc) is 2.60. The van der Waals surface area contributed by atoms with Gasteiger partial charge in [-0.25, -0.2) is 4.98 Å². The van der Waals surface area contributed by atoms with E-state index in [4.69, 9.17) is 10.2 Å². The Morgan fingerprint density at radius 2 is 2.21 bits per heavy atom. The molecule has 0 radical (unpaired) electrons. The lowest BCUT2D eigenvalue weighted by atomic mass is 10.3. The first-order chi connectivity index (χ1) is 6.90. The highest BCUT2D eigenvalue weighted by molar-refractivity contribution is 7.99. The summed E-state index contributed by atoms with van der Waals surface area (Å²) in [4.78, 5) is 4.34. The predicted octanol–water partition coefficient (Wildman–Crippen LogP) is 2.27. The van der Waals surface area contributed by atoms with Gasteiger partial charge in [-0.05, 0) is 25.1 Å². The zero-order valence-corrected chi connectivity index (χ0v) is 8.59. The van der Waals surface area contributed by atoms with Crippen molar-refractivity contribution >= 4 is 22.9 Å². The molecule has 0 aliphatic carbocycles. The van der Waals surface area contributed by atoms with Gasteiger partial charge in [0, 0.05) is 5.75 Å². The molecule has 0 fully saturated rings. The molecule has 2 aromatic rings. The van der Waals surface area contributed by atoms with Crippen molar-refractivity contribution in [1.82, 2.24) is 4.98 Å². The van der Waals surface area contributed by atoms with Crippen LogP contribution in [-0.2, 0) is 0 Å². The van der Waals surface area contributed by atoms with Gasteiger partial charge < -0.3 is 10.2 Å². The summed E-state index contributed by atoms with van der Waals surface area (Å²) in [6.07, 6.45) is 0.989. The van der Waals surface area contributed by atoms with Crippen LogP contribution in [0.15, 0.2) is 33.9 Å². The Balaban J connectivity index is 2.11. The van der Waals surface area contributed by atoms with E-state index in [1.165, 1.54) is 0 Å². The minimum Gasteiger partial charge on any atom is -0.431 e. The van der Waals surface area contributed by atoms with E-state index in [9.17, 15) is 0 Å². The van der Waals surface area contributed by atoms with Crippen molar-refractivity contribution in [3.63, 3.8) is 0 Å². The van der Waals surface area contributed by atoms with Crippen molar-refractivity contribution in [1.29, 1.82) is 0 Å². The molecule has 0 saturated carbocycles. The summed E-state index contributed by atoms with van der Waals surface area (Å²) in [5.74, 6) is 0.962. The number of hydrogen-bond donors (Lipinski definition) is 1. The molecule has 14 heavy (non-hydrogen) atoms. The Morgan fingerprint density at radius 3 is 3.00 bits per heavy atom. The average molecular weight is 208 g/mol. The SMILES string of the molecule is NCCCSc1nc2ccccc2o1. The van der Waals surface area contributed by atoms with E-state index in [0.29, 0.717) is 6.54 Å². The lowest BCUT2D eigenvalue weighted by Crippen LogP contribution is -1.99. The Morgan fingerprint density at radius 1 is 1.36 bits per heavy atom. The molecule has 0 aliphatic rings. The number of hydrogen-bond acceptors (Lipinski definition) is 4. The van der Waals surface area contributed by atoms with Crippen LogP contribution >= 0.6 is 11.8 Å². The lowest BCUT2D eigenvalue weighted by Gasteiger charge is -1.92. The van der Waals surface area contributed by atoms with Crippen molar-refractivity contribution in [2.24, 2.45) is 5.73 Å². The largest absolute Gasteiger partial charge is 0.431 e. The van der Waals surface area contributed by atoms with Gasteiger partial charge in [0.2, 0.25) is 0 Å². The minimum atomic E-state index is 0.716. The molecule has 0 atom stereocenters. The summed E-state index contributed by atoms with van der Waals surface area (Å²) in [6, 6.07) is 7.78. The molecule has 2 rings (SSSR count). The third-order valence-corrected chi connectivity index (χ3v) is 2.76. The Labute approximate surface area is 86.7 Å². The summed E-state index contributed by atoms with van der Waals surface area (Å²) in [7, 11) is 0. The molecule has 1 aromatic carbocycles. The smallest absolute Gasteiger partial charge is 0.256 e. The molecule has 0 saturated heterocycles. The molecule has 2 N–H and O–H groups in total. The fourth-order valence-electron chi connectivity index (χ4n) is 1.16. The van der Waals surface area contributed by atoms with Crippen LogP contribution in [0, 0.1) is 0 Å². The molecule has 0 aliphatic heterocycles. The zero-order valence-electron chi connectivity index (χ0n) is 7.77. The Bertz CT molecular complexity index is 380. The highest BCUT2D eigenvalue weighted by atomic mass is 32.2. The Hall–Kier alpha value is -1.00. The number of para-hydroxylation sites is 2. The number of thioether (sulfide) groups is 1. The van der Waals surface area contributed by atoms with Gasteiger partial charge in [-0.2, -0.15) is 0 Å². The highest BCUT2D eigenvalue weighted by Gasteiger charge is 2.04. The van der Waals surface area contributed by atoms with Crippen LogP contribution in [-0.4, -0.2) is 17.3 Å². The summed E-state index contributed by atoms with van der Waals surface area (Å²) in [6.45, 7) is 0.716. The third-order valence-electron chi connectivity index (χ3n) is 1.85. The number of oxazole rings is 1. The van der Waals surface area contributed by atoms with Gasteiger partial charge in [0.25, 0.3) is 5.22 Å². The molecule has 1 aromatic heterocycles. The first-order valence-electron chi connectivity index (χ1n) is 4.58. The standard InChI is InChI=1S/C10H12N2OS/c11-6-3-7-14-10-12-8-4-1-2-5-9(8)13-10/h1-2,4-5H,3,6-7,11H2. The second kappa shape index (κ2) is 4.48. The molecule has 0 spiro atoms. The number of benzene rings is 1. The third kappa shape index (κ3) is 2.08. The fraction of sp³-hybridized carbons (Fsp3) is 0.300. The maximum atomic E-state index is 5.53. The number of nitrogens with two attached hydrogens (primary N) is 1. The first kappa shape index (κ1) is 9.55. The lowest BCUT2D eigenvalue weighted by molar-refractivity contribution is 0.489. The normalized spacial score (nSPS) is 10.9. The maximum absolute atomic E-state index is 5.53. The van der Waals surface area contributed by atoms with E-state index < -0.39 is 0 Å². The predicted molar refractivity (Wildman–Crippen MR) is 58.4 cm³/mol. The zero-order chi connectivity index (χ0) is 9.80. The van der Waals surface area contributed by atoms with Gasteiger partial charge in [-0.3, -0.25) is 0 Å². The van der Waals surface area contributed by atoms with Gasteiger partial charge in [-0.1, -0.05) is 23.9 Å². The highest BCUT2D eigenvalue weighted by Crippen LogP contribution is 2.23. The molecule has 0 unspecified atom stereocenters. The number of nitrogens with zero attached hydrogens (tertiary/aromatic N) is 1. The molecular weight excluding hydrogens is 196 g/mol. The van der Waals surface area contributed by atoms with Gasteiger partial charge in [-0.15, -0.1) is 0 Å². The van der Waals surface area contributed by atoms with E-state index in [1.807, 2.05) is 24.3 Å². The van der Waals surface area contributed by atoms with Crippen molar-refractivity contribution in [3.05, 3.63) is 24.3 Å². The number of rotatable bonds is 4. The molecule has 3 nitrogen and oxygen atoms in total. The summed E-state index contributed by atoms with van der Waals surface area (Å²) >= 11 is 1.61. The van der Waals surface area contributed by atoms with E-state index >= 15 is 0 Å². The number of aromatic nitrogens is 1. The minimum absolute atomic E-state index is 0.716. The van der Waals surface area contributed by atoms with Crippen molar-refractivity contribution < 1.29 is 4.42 Å². The van der Waals surface area contributed by atoms with Crippen molar-refractivity contribution in [2.45, 2.75) is 11.6 Å². The van der Waals surface area contributed by atoms with Crippen LogP contribution in [0.1, 0.15) is 6.42 Å². The molecule has 0 bridgehead atoms. The van der Waals surface area contributed by atoms with E-state index in [-0.39, 0.29) is 0 Å². The quantitative estimate of drug-likeness (QED) is 0.618. The fourth-order valence-corrected chi connectivity index (χ4v) is 1.95. The van der Waals surface area contributed by atoms with Crippen LogP contribution in [0.25, 0.3) is 11.1 Å². The van der Waals surface area contributed by atoms with E-state index in [0.717, 1.165) is 28.5 Å². The number of fused-ring (bicyclic) bond motifs is 1. The van der Waals surface area contributed by atoms with Crippen LogP contribution in [0.4, 0.5) is 0 Å². The monoisotopic (exact) mass is 208 g/mol. The second-order valence-electron chi connectivity index (χ2n) is 2.94. The van der Waals surface area contributed by atoms with Crippen LogP contribution < -0.4 is 5.73 Å². The van der Waals surface area contributed by atoms with E-state index in [2.05, 4.69) is 4.98 Å². The van der Waals surface area contributed by atoms with Crippen LogP contribution in [0.2, 0.25) is 0 Å². The van der Waals surface area contributed by atoms with Crippen molar-refractivity contribution in [3.8, 4) is 0 Å². The van der Waals surface area contributed by atoms with Crippen LogP contribution in [0.5, 0.6) is 0 Å². The van der Waals surface area contributed by atoms with E-state index in [1.54, 1.807) is 11.8 Å². The second-order valence-corrected chi connectivity index (χ2v) is 3.98. The topological polar surface area (TPSA) is 52.0 Å². The molecule has 4 heteroatoms. The Kier molecular flexibility index (Phi) is 3.06. The summed E-state index contributed by atoms with van der Waals surface area (Å²) < 4.78 is 5.53.